The van der Waals surface area contributed by atoms with Gasteiger partial charge in [-0.15, -0.1) is 0 Å². The van der Waals surface area contributed by atoms with Crippen LogP contribution in [0.5, 0.6) is 5.88 Å². The van der Waals surface area contributed by atoms with Gasteiger partial charge in [-0.25, -0.2) is 0 Å². The number of esters is 1. The Hall–Kier alpha value is -1.52. The highest BCUT2D eigenvalue weighted by atomic mass is 16.5. The molecule has 5 nitrogen and oxygen atoms in total. The molecule has 1 heterocycles. The first-order valence-electron chi connectivity index (χ1n) is 5.50. The predicted octanol–water partition coefficient (Wildman–Crippen LogP) is 1.96. The van der Waals surface area contributed by atoms with Crippen LogP contribution in [0.4, 0.5) is 0 Å². The molecule has 0 bridgehead atoms. The monoisotopic (exact) mass is 227 g/mol. The van der Waals surface area contributed by atoms with Crippen LogP contribution in [0.3, 0.4) is 0 Å². The van der Waals surface area contributed by atoms with Crippen molar-refractivity contribution in [3.8, 4) is 5.88 Å². The summed E-state index contributed by atoms with van der Waals surface area (Å²) in [4.78, 5) is 11.1. The van der Waals surface area contributed by atoms with Crippen molar-refractivity contribution in [3.63, 3.8) is 0 Å². The summed E-state index contributed by atoms with van der Waals surface area (Å²) in [5.41, 5.74) is 0. The molecule has 0 fully saturated rings. The van der Waals surface area contributed by atoms with E-state index < -0.39 is 0 Å². The molecule has 0 amide bonds. The molecule has 0 saturated heterocycles. The van der Waals surface area contributed by atoms with Gasteiger partial charge in [0.2, 0.25) is 0 Å². The van der Waals surface area contributed by atoms with E-state index in [2.05, 4.69) is 12.1 Å². The Morgan fingerprint density at radius 3 is 3.00 bits per heavy atom. The first-order chi connectivity index (χ1) is 7.76. The Morgan fingerprint density at radius 2 is 2.31 bits per heavy atom. The molecule has 0 atom stereocenters. The molecule has 1 rings (SSSR count). The van der Waals surface area contributed by atoms with Gasteiger partial charge in [-0.3, -0.25) is 4.79 Å². The smallest absolute Gasteiger partial charge is 0.313 e. The zero-order valence-electron chi connectivity index (χ0n) is 9.69. The highest BCUT2D eigenvalue weighted by molar-refractivity contribution is 5.71. The lowest BCUT2D eigenvalue weighted by molar-refractivity contribution is -0.142. The van der Waals surface area contributed by atoms with Crippen molar-refractivity contribution in [2.75, 3.05) is 13.2 Å². The zero-order chi connectivity index (χ0) is 11.8. The van der Waals surface area contributed by atoms with Gasteiger partial charge in [-0.1, -0.05) is 13.3 Å². The number of ether oxygens (including phenoxy) is 2. The van der Waals surface area contributed by atoms with Gasteiger partial charge in [-0.2, -0.15) is 0 Å². The van der Waals surface area contributed by atoms with Gasteiger partial charge >= 0.3 is 5.97 Å². The fourth-order valence-electron chi connectivity index (χ4n) is 1.12. The molecule has 0 radical (unpaired) electrons. The molecule has 5 heteroatoms. The maximum Gasteiger partial charge on any atom is 0.313 e. The fraction of sp³-hybridized carbons (Fsp3) is 0.636. The molecule has 1 aromatic rings. The molecule has 0 unspecified atom stereocenters. The SMILES string of the molecule is CCCCOc1cc(CC(=O)OCC)on1. The zero-order valence-corrected chi connectivity index (χ0v) is 9.69. The maximum atomic E-state index is 11.1. The number of aromatic nitrogens is 1. The lowest BCUT2D eigenvalue weighted by Crippen LogP contribution is -2.06. The lowest BCUT2D eigenvalue weighted by Gasteiger charge is -1.98. The third-order valence-electron chi connectivity index (χ3n) is 1.91. The number of nitrogens with zero attached hydrogens (tertiary/aromatic N) is 1. The number of rotatable bonds is 7. The Kier molecular flexibility index (Phi) is 5.39. The summed E-state index contributed by atoms with van der Waals surface area (Å²) < 4.78 is 15.0. The van der Waals surface area contributed by atoms with E-state index in [4.69, 9.17) is 14.0 Å². The highest BCUT2D eigenvalue weighted by Crippen LogP contribution is 2.12. The van der Waals surface area contributed by atoms with Crippen molar-refractivity contribution in [1.82, 2.24) is 5.16 Å². The van der Waals surface area contributed by atoms with Crippen LogP contribution in [0, 0.1) is 0 Å². The predicted molar refractivity (Wildman–Crippen MR) is 57.2 cm³/mol. The minimum atomic E-state index is -0.321. The van der Waals surface area contributed by atoms with Crippen molar-refractivity contribution >= 4 is 5.97 Å². The van der Waals surface area contributed by atoms with E-state index in [1.165, 1.54) is 0 Å². The largest absolute Gasteiger partial charge is 0.476 e. The number of hydrogen-bond acceptors (Lipinski definition) is 5. The highest BCUT2D eigenvalue weighted by Gasteiger charge is 2.10. The van der Waals surface area contributed by atoms with E-state index in [-0.39, 0.29) is 12.4 Å². The van der Waals surface area contributed by atoms with Crippen LogP contribution in [0.25, 0.3) is 0 Å². The minimum absolute atomic E-state index is 0.0952. The average Bonchev–Trinajstić information content (AvgIpc) is 2.66. The van der Waals surface area contributed by atoms with Crippen molar-refractivity contribution < 1.29 is 18.8 Å². The van der Waals surface area contributed by atoms with Gasteiger partial charge in [-0.05, 0) is 18.5 Å². The van der Waals surface area contributed by atoms with Gasteiger partial charge in [0.25, 0.3) is 5.88 Å². The first kappa shape index (κ1) is 12.5. The quantitative estimate of drug-likeness (QED) is 0.526. The van der Waals surface area contributed by atoms with Crippen LogP contribution in [0.15, 0.2) is 10.6 Å². The first-order valence-corrected chi connectivity index (χ1v) is 5.50. The van der Waals surface area contributed by atoms with E-state index in [1.807, 2.05) is 0 Å². The third-order valence-corrected chi connectivity index (χ3v) is 1.91. The Labute approximate surface area is 94.7 Å². The summed E-state index contributed by atoms with van der Waals surface area (Å²) in [6, 6.07) is 1.62. The van der Waals surface area contributed by atoms with Crippen LogP contribution < -0.4 is 4.74 Å². The molecular formula is C11H17NO4. The number of hydrogen-bond donors (Lipinski definition) is 0. The number of carbonyl (C=O) groups is 1. The third kappa shape index (κ3) is 4.33. The Morgan fingerprint density at radius 1 is 1.50 bits per heavy atom. The second kappa shape index (κ2) is 6.87. The lowest BCUT2D eigenvalue weighted by atomic mass is 10.3. The van der Waals surface area contributed by atoms with Gasteiger partial charge in [0.1, 0.15) is 6.42 Å². The summed E-state index contributed by atoms with van der Waals surface area (Å²) in [5.74, 6) is 0.566. The van der Waals surface area contributed by atoms with Crippen molar-refractivity contribution in [2.24, 2.45) is 0 Å². The molecule has 0 aromatic carbocycles. The molecule has 0 saturated carbocycles. The number of unbranched alkanes of at least 4 members (excludes halogenated alkanes) is 1. The van der Waals surface area contributed by atoms with Gasteiger partial charge in [0.15, 0.2) is 5.76 Å². The van der Waals surface area contributed by atoms with Crippen LogP contribution in [0.1, 0.15) is 32.4 Å². The summed E-state index contributed by atoms with van der Waals surface area (Å²) >= 11 is 0. The van der Waals surface area contributed by atoms with E-state index >= 15 is 0 Å². The summed E-state index contributed by atoms with van der Waals surface area (Å²) in [6.45, 7) is 4.82. The van der Waals surface area contributed by atoms with Crippen LogP contribution in [0.2, 0.25) is 0 Å². The van der Waals surface area contributed by atoms with Gasteiger partial charge in [0, 0.05) is 6.07 Å². The molecule has 0 aliphatic carbocycles. The van der Waals surface area contributed by atoms with Crippen LogP contribution in [-0.4, -0.2) is 24.3 Å². The minimum Gasteiger partial charge on any atom is -0.476 e. The van der Waals surface area contributed by atoms with E-state index in [0.29, 0.717) is 24.9 Å². The molecule has 0 spiro atoms. The Bertz CT molecular complexity index is 322. The van der Waals surface area contributed by atoms with Crippen molar-refractivity contribution in [2.45, 2.75) is 33.1 Å². The normalized spacial score (nSPS) is 10.1. The number of carbonyl (C=O) groups excluding carboxylic acids is 1. The summed E-state index contributed by atoms with van der Waals surface area (Å²) in [7, 11) is 0. The van der Waals surface area contributed by atoms with Crippen LogP contribution in [-0.2, 0) is 16.0 Å². The second-order valence-corrected chi connectivity index (χ2v) is 3.32. The van der Waals surface area contributed by atoms with E-state index in [9.17, 15) is 4.79 Å². The van der Waals surface area contributed by atoms with E-state index in [1.54, 1.807) is 13.0 Å². The van der Waals surface area contributed by atoms with Gasteiger partial charge < -0.3 is 14.0 Å². The summed E-state index contributed by atoms with van der Waals surface area (Å²) in [6.07, 6.45) is 2.13. The van der Waals surface area contributed by atoms with Gasteiger partial charge in [0.05, 0.1) is 13.2 Å². The second-order valence-electron chi connectivity index (χ2n) is 3.32. The fourth-order valence-corrected chi connectivity index (χ4v) is 1.12. The molecule has 90 valence electrons. The topological polar surface area (TPSA) is 61.6 Å². The summed E-state index contributed by atoms with van der Waals surface area (Å²) in [5, 5.41) is 3.70. The Balaban J connectivity index is 2.36. The molecular weight excluding hydrogens is 210 g/mol. The molecule has 0 aliphatic rings. The molecule has 1 aromatic heterocycles. The molecule has 0 N–H and O–H groups in total. The maximum absolute atomic E-state index is 11.1. The standard InChI is InChI=1S/C11H17NO4/c1-3-5-6-15-10-7-9(16-12-10)8-11(13)14-4-2/h7H,3-6,8H2,1-2H3. The molecule has 0 aliphatic heterocycles. The van der Waals surface area contributed by atoms with Crippen LogP contribution >= 0.6 is 0 Å². The average molecular weight is 227 g/mol. The van der Waals surface area contributed by atoms with E-state index in [0.717, 1.165) is 12.8 Å². The molecule has 16 heavy (non-hydrogen) atoms. The van der Waals surface area contributed by atoms with Crippen molar-refractivity contribution in [3.05, 3.63) is 11.8 Å². The van der Waals surface area contributed by atoms with Crippen molar-refractivity contribution in [1.29, 1.82) is 0 Å².